The van der Waals surface area contributed by atoms with Crippen LogP contribution in [0.1, 0.15) is 24.8 Å². The lowest BCUT2D eigenvalue weighted by molar-refractivity contribution is -0.139. The van der Waals surface area contributed by atoms with Gasteiger partial charge in [-0.15, -0.1) is 0 Å². The molecule has 2 heterocycles. The molecule has 0 aliphatic rings. The maximum atomic E-state index is 12.3. The first kappa shape index (κ1) is 18.2. The second-order valence-corrected chi connectivity index (χ2v) is 6.60. The fourth-order valence-corrected chi connectivity index (χ4v) is 3.05. The Labute approximate surface area is 143 Å². The number of nitrogens with one attached hydrogen (secondary N) is 1. The number of aryl methyl sites for hydroxylation is 1. The van der Waals surface area contributed by atoms with E-state index in [9.17, 15) is 9.59 Å². The highest BCUT2D eigenvalue weighted by Gasteiger charge is 2.30. The maximum absolute atomic E-state index is 12.3. The van der Waals surface area contributed by atoms with Crippen LogP contribution in [0, 0.1) is 6.92 Å². The normalized spacial score (nSPS) is 13.5. The van der Waals surface area contributed by atoms with E-state index in [-0.39, 0.29) is 25.4 Å². The smallest absolute Gasteiger partial charge is 0.305 e. The van der Waals surface area contributed by atoms with Crippen molar-refractivity contribution in [2.45, 2.75) is 32.2 Å². The monoisotopic (exact) mass is 352 g/mol. The highest BCUT2D eigenvalue weighted by molar-refractivity contribution is 7.08. The molecule has 1 unspecified atom stereocenters. The van der Waals surface area contributed by atoms with Gasteiger partial charge < -0.3 is 19.6 Å². The van der Waals surface area contributed by atoms with Crippen LogP contribution in [0.15, 0.2) is 21.2 Å². The van der Waals surface area contributed by atoms with Crippen LogP contribution in [0.4, 0.5) is 0 Å². The molecule has 2 aromatic heterocycles. The molecule has 0 saturated heterocycles. The van der Waals surface area contributed by atoms with Gasteiger partial charge in [0.25, 0.3) is 0 Å². The van der Waals surface area contributed by atoms with Crippen molar-refractivity contribution in [3.05, 3.63) is 28.3 Å². The molecule has 7 nitrogen and oxygen atoms in total. The van der Waals surface area contributed by atoms with Gasteiger partial charge in [-0.1, -0.05) is 0 Å². The van der Waals surface area contributed by atoms with Gasteiger partial charge in [-0.25, -0.2) is 4.98 Å². The number of carboxylic acids is 1. The third-order valence-corrected chi connectivity index (χ3v) is 4.12. The van der Waals surface area contributed by atoms with Gasteiger partial charge in [-0.05, 0) is 25.3 Å². The number of hydrogen-bond donors (Lipinski definition) is 2. The molecule has 0 radical (unpaired) electrons. The first-order valence-corrected chi connectivity index (χ1v) is 8.28. The molecule has 0 bridgehead atoms. The van der Waals surface area contributed by atoms with E-state index >= 15 is 0 Å². The van der Waals surface area contributed by atoms with Crippen LogP contribution < -0.4 is 5.32 Å². The minimum atomic E-state index is -1.01. The Kier molecular flexibility index (Phi) is 5.74. The van der Waals surface area contributed by atoms with Crippen molar-refractivity contribution in [2.75, 3.05) is 13.7 Å². The molecule has 0 aromatic carbocycles. The second-order valence-electron chi connectivity index (χ2n) is 5.82. The maximum Gasteiger partial charge on any atom is 0.305 e. The van der Waals surface area contributed by atoms with Crippen molar-refractivity contribution in [2.24, 2.45) is 0 Å². The molecule has 130 valence electrons. The van der Waals surface area contributed by atoms with Crippen LogP contribution in [0.5, 0.6) is 0 Å². The summed E-state index contributed by atoms with van der Waals surface area (Å²) in [5.74, 6) is -0.295. The number of carboxylic acid groups (broad SMARTS) is 1. The average molecular weight is 352 g/mol. The van der Waals surface area contributed by atoms with E-state index in [2.05, 4.69) is 10.3 Å². The van der Waals surface area contributed by atoms with Crippen LogP contribution in [-0.2, 0) is 20.7 Å². The second kappa shape index (κ2) is 7.59. The number of methoxy groups -OCH3 is 1. The lowest BCUT2D eigenvalue weighted by atomic mass is 9.98. The highest BCUT2D eigenvalue weighted by atomic mass is 32.1. The number of oxazole rings is 1. The fraction of sp³-hybridized carbons (Fsp3) is 0.438. The summed E-state index contributed by atoms with van der Waals surface area (Å²) in [6.45, 7) is 3.48. The Morgan fingerprint density at radius 2 is 2.25 bits per heavy atom. The predicted molar refractivity (Wildman–Crippen MR) is 88.9 cm³/mol. The van der Waals surface area contributed by atoms with Crippen molar-refractivity contribution in [1.29, 1.82) is 0 Å². The highest BCUT2D eigenvalue weighted by Crippen LogP contribution is 2.24. The van der Waals surface area contributed by atoms with E-state index < -0.39 is 11.5 Å². The zero-order valence-corrected chi connectivity index (χ0v) is 14.6. The molecule has 1 amide bonds. The first-order valence-electron chi connectivity index (χ1n) is 7.33. The largest absolute Gasteiger partial charge is 0.481 e. The number of aliphatic carboxylic acids is 1. The van der Waals surface area contributed by atoms with Gasteiger partial charge in [-0.3, -0.25) is 9.59 Å². The van der Waals surface area contributed by atoms with Gasteiger partial charge >= 0.3 is 5.97 Å². The lowest BCUT2D eigenvalue weighted by Gasteiger charge is -2.28. The quantitative estimate of drug-likeness (QED) is 0.755. The molecule has 24 heavy (non-hydrogen) atoms. The standard InChI is InChI=1S/C16H20N2O5S/c1-10-12(17-15(23-10)11-4-5-24-8-11)6-13(19)18-16(2,9-22-3)7-14(20)21/h4-5,8H,6-7,9H2,1-3H3,(H,18,19)(H,20,21). The molecule has 1 atom stereocenters. The predicted octanol–water partition coefficient (Wildman–Crippen LogP) is 2.25. The number of carbonyl (C=O) groups is 2. The summed E-state index contributed by atoms with van der Waals surface area (Å²) in [6, 6.07) is 1.89. The van der Waals surface area contributed by atoms with Crippen LogP contribution in [0.2, 0.25) is 0 Å². The number of hydrogen-bond acceptors (Lipinski definition) is 6. The van der Waals surface area contributed by atoms with Crippen molar-refractivity contribution < 1.29 is 23.8 Å². The lowest BCUT2D eigenvalue weighted by Crippen LogP contribution is -2.51. The van der Waals surface area contributed by atoms with Crippen LogP contribution in [0.25, 0.3) is 11.5 Å². The van der Waals surface area contributed by atoms with E-state index in [1.165, 1.54) is 18.4 Å². The van der Waals surface area contributed by atoms with E-state index in [0.717, 1.165) is 5.56 Å². The number of aromatic nitrogens is 1. The minimum absolute atomic E-state index is 0.0123. The average Bonchev–Trinajstić information content (AvgIpc) is 3.08. The van der Waals surface area contributed by atoms with E-state index in [1.807, 2.05) is 16.8 Å². The Balaban J connectivity index is 2.07. The number of amides is 1. The Bertz CT molecular complexity index is 710. The molecule has 2 aromatic rings. The van der Waals surface area contributed by atoms with Crippen molar-refractivity contribution in [3.8, 4) is 11.5 Å². The van der Waals surface area contributed by atoms with Crippen molar-refractivity contribution in [3.63, 3.8) is 0 Å². The summed E-state index contributed by atoms with van der Waals surface area (Å²) in [5, 5.41) is 15.6. The zero-order chi connectivity index (χ0) is 17.7. The summed E-state index contributed by atoms with van der Waals surface area (Å²) in [4.78, 5) is 27.6. The number of thiophene rings is 1. The van der Waals surface area contributed by atoms with Crippen molar-refractivity contribution in [1.82, 2.24) is 10.3 Å². The molecule has 2 N–H and O–H groups in total. The number of nitrogens with zero attached hydrogens (tertiary/aromatic N) is 1. The van der Waals surface area contributed by atoms with E-state index in [0.29, 0.717) is 17.3 Å². The summed E-state index contributed by atoms with van der Waals surface area (Å²) >= 11 is 1.53. The topological polar surface area (TPSA) is 102 Å². The Hall–Kier alpha value is -2.19. The van der Waals surface area contributed by atoms with Gasteiger partial charge in [0.1, 0.15) is 5.76 Å². The number of ether oxygens (including phenoxy) is 1. The van der Waals surface area contributed by atoms with Crippen molar-refractivity contribution >= 4 is 23.2 Å². The zero-order valence-electron chi connectivity index (χ0n) is 13.8. The van der Waals surface area contributed by atoms with Crippen LogP contribution >= 0.6 is 11.3 Å². The van der Waals surface area contributed by atoms with Gasteiger partial charge in [0.05, 0.1) is 30.7 Å². The third kappa shape index (κ3) is 4.65. The molecule has 8 heteroatoms. The fourth-order valence-electron chi connectivity index (χ4n) is 2.42. The number of carbonyl (C=O) groups excluding carboxylic acids is 1. The summed E-state index contributed by atoms with van der Waals surface area (Å²) in [7, 11) is 1.46. The molecule has 0 aliphatic heterocycles. The van der Waals surface area contributed by atoms with E-state index in [1.54, 1.807) is 13.8 Å². The van der Waals surface area contributed by atoms with Gasteiger partial charge in [0.15, 0.2) is 0 Å². The molecule has 0 fully saturated rings. The third-order valence-electron chi connectivity index (χ3n) is 3.43. The van der Waals surface area contributed by atoms with Gasteiger partial charge in [0.2, 0.25) is 11.8 Å². The first-order chi connectivity index (χ1) is 11.3. The van der Waals surface area contributed by atoms with E-state index in [4.69, 9.17) is 14.3 Å². The SMILES string of the molecule is COCC(C)(CC(=O)O)NC(=O)Cc1nc(-c2ccsc2)oc1C. The molecular weight excluding hydrogens is 332 g/mol. The molecule has 0 saturated carbocycles. The number of rotatable bonds is 8. The van der Waals surface area contributed by atoms with Crippen LogP contribution in [0.3, 0.4) is 0 Å². The molecule has 0 aliphatic carbocycles. The van der Waals surface area contributed by atoms with Gasteiger partial charge in [-0.2, -0.15) is 11.3 Å². The Morgan fingerprint density at radius 1 is 1.50 bits per heavy atom. The molecule has 2 rings (SSSR count). The van der Waals surface area contributed by atoms with Gasteiger partial charge in [0, 0.05) is 18.1 Å². The summed E-state index contributed by atoms with van der Waals surface area (Å²) < 4.78 is 10.6. The summed E-state index contributed by atoms with van der Waals surface area (Å²) in [6.07, 6.45) is -0.219. The minimum Gasteiger partial charge on any atom is -0.481 e. The Morgan fingerprint density at radius 3 is 2.83 bits per heavy atom. The molecule has 0 spiro atoms. The van der Waals surface area contributed by atoms with Crippen LogP contribution in [-0.4, -0.2) is 41.2 Å². The molecular formula is C16H20N2O5S. The summed E-state index contributed by atoms with van der Waals surface area (Å²) in [5.41, 5.74) is 0.416.